The highest BCUT2D eigenvalue weighted by Gasteiger charge is 2.30. The minimum Gasteiger partial charge on any atom is -0.394 e. The molecule has 0 spiro atoms. The minimum atomic E-state index is 0.132. The van der Waals surface area contributed by atoms with Gasteiger partial charge in [-0.05, 0) is 38.3 Å². The van der Waals surface area contributed by atoms with Crippen LogP contribution in [0.5, 0.6) is 0 Å². The molecule has 1 atom stereocenters. The Hall–Kier alpha value is -1.40. The molecule has 0 unspecified atom stereocenters. The third-order valence-electron chi connectivity index (χ3n) is 5.29. The van der Waals surface area contributed by atoms with Crippen LogP contribution in [-0.4, -0.2) is 69.4 Å². The van der Waals surface area contributed by atoms with Crippen molar-refractivity contribution >= 4 is 5.91 Å². The fraction of sp³-hybridized carbons (Fsp3) is 0.765. The number of aliphatic hydroxyl groups is 1. The van der Waals surface area contributed by atoms with Gasteiger partial charge in [0.15, 0.2) is 0 Å². The van der Waals surface area contributed by atoms with E-state index in [1.165, 1.54) is 19.4 Å². The van der Waals surface area contributed by atoms with Crippen LogP contribution >= 0.6 is 0 Å². The number of carbonyl (C=O) groups is 1. The molecule has 3 heterocycles. The van der Waals surface area contributed by atoms with Gasteiger partial charge in [0.25, 0.3) is 0 Å². The van der Waals surface area contributed by atoms with Gasteiger partial charge in [0.1, 0.15) is 0 Å². The molecule has 0 aromatic carbocycles. The summed E-state index contributed by atoms with van der Waals surface area (Å²) in [7, 11) is 0. The quantitative estimate of drug-likeness (QED) is 0.901. The molecule has 128 valence electrons. The molecule has 6 nitrogen and oxygen atoms in total. The van der Waals surface area contributed by atoms with E-state index in [2.05, 4.69) is 16.1 Å². The van der Waals surface area contributed by atoms with E-state index in [1.807, 2.05) is 15.8 Å². The Labute approximate surface area is 138 Å². The SMILES string of the molecule is CC(=O)N1CCC(N2CCC[C@@H](c3ccn(CCO)n3)C2)CC1. The molecule has 0 aliphatic carbocycles. The molecule has 1 amide bonds. The van der Waals surface area contributed by atoms with Gasteiger partial charge in [-0.2, -0.15) is 5.10 Å². The molecule has 2 saturated heterocycles. The van der Waals surface area contributed by atoms with Crippen LogP contribution < -0.4 is 0 Å². The van der Waals surface area contributed by atoms with Crippen LogP contribution in [0.1, 0.15) is 44.2 Å². The average molecular weight is 320 g/mol. The van der Waals surface area contributed by atoms with Crippen molar-refractivity contribution in [1.29, 1.82) is 0 Å². The summed E-state index contributed by atoms with van der Waals surface area (Å²) in [6, 6.07) is 2.70. The zero-order chi connectivity index (χ0) is 16.2. The number of piperidine rings is 2. The number of aliphatic hydroxyl groups excluding tert-OH is 1. The van der Waals surface area contributed by atoms with E-state index < -0.39 is 0 Å². The first kappa shape index (κ1) is 16.5. The van der Waals surface area contributed by atoms with E-state index in [-0.39, 0.29) is 12.5 Å². The number of nitrogens with zero attached hydrogens (tertiary/aromatic N) is 4. The van der Waals surface area contributed by atoms with Gasteiger partial charge in [0.2, 0.25) is 5.91 Å². The van der Waals surface area contributed by atoms with Gasteiger partial charge >= 0.3 is 0 Å². The second-order valence-electron chi connectivity index (χ2n) is 6.80. The van der Waals surface area contributed by atoms with E-state index in [4.69, 9.17) is 5.11 Å². The Morgan fingerprint density at radius 2 is 2.09 bits per heavy atom. The number of carbonyl (C=O) groups excluding carboxylic acids is 1. The molecule has 1 aromatic heterocycles. The highest BCUT2D eigenvalue weighted by Crippen LogP contribution is 2.29. The lowest BCUT2D eigenvalue weighted by molar-refractivity contribution is -0.130. The lowest BCUT2D eigenvalue weighted by atomic mass is 9.92. The number of hydrogen-bond acceptors (Lipinski definition) is 4. The van der Waals surface area contributed by atoms with Crippen LogP contribution in [0.25, 0.3) is 0 Å². The maximum atomic E-state index is 11.5. The number of hydrogen-bond donors (Lipinski definition) is 1. The fourth-order valence-corrected chi connectivity index (χ4v) is 3.95. The molecule has 0 radical (unpaired) electrons. The van der Waals surface area contributed by atoms with E-state index in [0.717, 1.165) is 38.2 Å². The molecule has 2 aliphatic rings. The van der Waals surface area contributed by atoms with Gasteiger partial charge in [-0.25, -0.2) is 0 Å². The summed E-state index contributed by atoms with van der Waals surface area (Å²) < 4.78 is 1.83. The fourth-order valence-electron chi connectivity index (χ4n) is 3.95. The summed E-state index contributed by atoms with van der Waals surface area (Å²) in [5.41, 5.74) is 1.16. The van der Waals surface area contributed by atoms with Crippen LogP contribution in [0.4, 0.5) is 0 Å². The average Bonchev–Trinajstić information content (AvgIpc) is 3.04. The van der Waals surface area contributed by atoms with Crippen molar-refractivity contribution in [3.8, 4) is 0 Å². The van der Waals surface area contributed by atoms with Crippen LogP contribution in [0.15, 0.2) is 12.3 Å². The normalized spacial score (nSPS) is 24.1. The largest absolute Gasteiger partial charge is 0.394 e. The second kappa shape index (κ2) is 7.45. The molecule has 6 heteroatoms. The van der Waals surface area contributed by atoms with Gasteiger partial charge in [-0.15, -0.1) is 0 Å². The van der Waals surface area contributed by atoms with Crippen molar-refractivity contribution in [1.82, 2.24) is 19.6 Å². The van der Waals surface area contributed by atoms with E-state index in [9.17, 15) is 4.79 Å². The number of rotatable bonds is 4. The maximum absolute atomic E-state index is 11.5. The molecule has 2 aliphatic heterocycles. The Morgan fingerprint density at radius 3 is 2.78 bits per heavy atom. The summed E-state index contributed by atoms with van der Waals surface area (Å²) in [4.78, 5) is 16.0. The molecule has 1 N–H and O–H groups in total. The molecular formula is C17H28N4O2. The first-order valence-corrected chi connectivity index (χ1v) is 8.81. The molecule has 2 fully saturated rings. The predicted octanol–water partition coefficient (Wildman–Crippen LogP) is 1.07. The van der Waals surface area contributed by atoms with Crippen LogP contribution in [0.3, 0.4) is 0 Å². The Balaban J connectivity index is 1.56. The van der Waals surface area contributed by atoms with Crippen molar-refractivity contribution in [3.05, 3.63) is 18.0 Å². The molecule has 0 bridgehead atoms. The summed E-state index contributed by atoms with van der Waals surface area (Å²) in [6.07, 6.45) is 6.55. The van der Waals surface area contributed by atoms with E-state index in [0.29, 0.717) is 18.5 Å². The second-order valence-corrected chi connectivity index (χ2v) is 6.80. The molecule has 1 aromatic rings. The van der Waals surface area contributed by atoms with Gasteiger partial charge in [-0.1, -0.05) is 0 Å². The minimum absolute atomic E-state index is 0.132. The summed E-state index contributed by atoms with van der Waals surface area (Å²) in [5, 5.41) is 13.6. The zero-order valence-corrected chi connectivity index (χ0v) is 14.0. The van der Waals surface area contributed by atoms with Crippen LogP contribution in [0, 0.1) is 0 Å². The number of aromatic nitrogens is 2. The number of amides is 1. The summed E-state index contributed by atoms with van der Waals surface area (Å²) >= 11 is 0. The summed E-state index contributed by atoms with van der Waals surface area (Å²) in [5.74, 6) is 0.698. The number of likely N-dealkylation sites (tertiary alicyclic amines) is 2. The molecule has 0 saturated carbocycles. The van der Waals surface area contributed by atoms with Crippen LogP contribution in [0.2, 0.25) is 0 Å². The van der Waals surface area contributed by atoms with Crippen molar-refractivity contribution < 1.29 is 9.90 Å². The van der Waals surface area contributed by atoms with E-state index >= 15 is 0 Å². The highest BCUT2D eigenvalue weighted by atomic mass is 16.3. The summed E-state index contributed by atoms with van der Waals surface area (Å²) in [6.45, 7) is 6.39. The smallest absolute Gasteiger partial charge is 0.219 e. The van der Waals surface area contributed by atoms with Gasteiger partial charge in [0, 0.05) is 44.7 Å². The van der Waals surface area contributed by atoms with Gasteiger partial charge in [-0.3, -0.25) is 14.4 Å². The van der Waals surface area contributed by atoms with Crippen molar-refractivity contribution in [2.75, 3.05) is 32.8 Å². The van der Waals surface area contributed by atoms with Crippen molar-refractivity contribution in [2.24, 2.45) is 0 Å². The Kier molecular flexibility index (Phi) is 5.33. The van der Waals surface area contributed by atoms with Crippen molar-refractivity contribution in [2.45, 2.75) is 51.1 Å². The van der Waals surface area contributed by atoms with Crippen molar-refractivity contribution in [3.63, 3.8) is 0 Å². The molecule has 23 heavy (non-hydrogen) atoms. The molecular weight excluding hydrogens is 292 g/mol. The zero-order valence-electron chi connectivity index (χ0n) is 14.0. The van der Waals surface area contributed by atoms with Gasteiger partial charge < -0.3 is 10.0 Å². The lowest BCUT2D eigenvalue weighted by Gasteiger charge is -2.42. The molecule has 3 rings (SSSR count). The monoisotopic (exact) mass is 320 g/mol. The third-order valence-corrected chi connectivity index (χ3v) is 5.29. The topological polar surface area (TPSA) is 61.6 Å². The third kappa shape index (κ3) is 3.93. The van der Waals surface area contributed by atoms with Gasteiger partial charge in [0.05, 0.1) is 18.8 Å². The Morgan fingerprint density at radius 1 is 1.30 bits per heavy atom. The standard InChI is InChI=1S/C17H28N4O2/c1-14(23)19-8-4-16(5-9-19)20-7-2-3-15(13-20)17-6-10-21(18-17)11-12-22/h6,10,15-16,22H,2-5,7-9,11-13H2,1H3/t15-/m1/s1. The Bertz CT molecular complexity index is 522. The van der Waals surface area contributed by atoms with Crippen LogP contribution in [-0.2, 0) is 11.3 Å². The maximum Gasteiger partial charge on any atom is 0.219 e. The van der Waals surface area contributed by atoms with E-state index in [1.54, 1.807) is 6.92 Å². The predicted molar refractivity (Wildman–Crippen MR) is 88.1 cm³/mol. The first-order chi connectivity index (χ1) is 11.2. The highest BCUT2D eigenvalue weighted by molar-refractivity contribution is 5.73. The lowest BCUT2D eigenvalue weighted by Crippen LogP contribution is -2.49. The first-order valence-electron chi connectivity index (χ1n) is 8.81.